The Labute approximate surface area is 111 Å². The largest absolute Gasteiger partial charge is 0.0692 e. The van der Waals surface area contributed by atoms with Crippen LogP contribution in [0, 0.1) is 29.6 Å². The molecule has 0 saturated heterocycles. The minimum atomic E-state index is 0.908. The van der Waals surface area contributed by atoms with Crippen LogP contribution in [0.4, 0.5) is 0 Å². The summed E-state index contributed by atoms with van der Waals surface area (Å²) >= 11 is 0. The van der Waals surface area contributed by atoms with Crippen molar-refractivity contribution in [2.45, 2.75) is 46.0 Å². The van der Waals surface area contributed by atoms with Crippen molar-refractivity contribution >= 4 is 0 Å². The summed E-state index contributed by atoms with van der Waals surface area (Å²) < 4.78 is 0. The van der Waals surface area contributed by atoms with Crippen molar-refractivity contribution in [2.24, 2.45) is 29.6 Å². The Balaban J connectivity index is 1.65. The molecular weight excluding hydrogens is 216 g/mol. The summed E-state index contributed by atoms with van der Waals surface area (Å²) in [5.74, 6) is 5.14. The first kappa shape index (κ1) is 11.1. The molecule has 18 heavy (non-hydrogen) atoms. The van der Waals surface area contributed by atoms with Crippen LogP contribution in [0.15, 0.2) is 34.9 Å². The molecule has 4 bridgehead atoms. The Morgan fingerprint density at radius 2 is 1.50 bits per heavy atom. The summed E-state index contributed by atoms with van der Waals surface area (Å²) in [7, 11) is 0. The molecule has 4 fully saturated rings. The Kier molecular flexibility index (Phi) is 2.37. The van der Waals surface area contributed by atoms with Gasteiger partial charge in [0.1, 0.15) is 0 Å². The van der Waals surface area contributed by atoms with Crippen molar-refractivity contribution < 1.29 is 0 Å². The van der Waals surface area contributed by atoms with E-state index in [1.807, 2.05) is 0 Å². The van der Waals surface area contributed by atoms with E-state index in [4.69, 9.17) is 0 Å². The van der Waals surface area contributed by atoms with Crippen LogP contribution in [0.2, 0.25) is 0 Å². The molecule has 0 aliphatic heterocycles. The van der Waals surface area contributed by atoms with Crippen LogP contribution >= 0.6 is 0 Å². The molecule has 0 spiro atoms. The second-order valence-corrected chi connectivity index (χ2v) is 7.39. The topological polar surface area (TPSA) is 0 Å². The van der Waals surface area contributed by atoms with Crippen LogP contribution in [-0.2, 0) is 0 Å². The van der Waals surface area contributed by atoms with Gasteiger partial charge in [0, 0.05) is 0 Å². The molecule has 5 aliphatic carbocycles. The SMILES string of the molecule is CC(C)=C1C=CC(C2C3CC4CC(C3)CC2C4)=C1. The lowest BCUT2D eigenvalue weighted by atomic mass is 9.50. The highest BCUT2D eigenvalue weighted by atomic mass is 14.5. The van der Waals surface area contributed by atoms with Gasteiger partial charge in [-0.3, -0.25) is 0 Å². The summed E-state index contributed by atoms with van der Waals surface area (Å²) in [5, 5.41) is 0. The normalized spacial score (nSPS) is 44.7. The molecule has 96 valence electrons. The molecule has 4 saturated carbocycles. The van der Waals surface area contributed by atoms with E-state index < -0.39 is 0 Å². The molecule has 0 N–H and O–H groups in total. The molecule has 0 atom stereocenters. The summed E-state index contributed by atoms with van der Waals surface area (Å²) in [6, 6.07) is 0. The maximum absolute atomic E-state index is 2.49. The maximum atomic E-state index is 2.49. The van der Waals surface area contributed by atoms with Gasteiger partial charge in [-0.25, -0.2) is 0 Å². The van der Waals surface area contributed by atoms with Crippen molar-refractivity contribution in [3.63, 3.8) is 0 Å². The van der Waals surface area contributed by atoms with Crippen LogP contribution in [0.5, 0.6) is 0 Å². The van der Waals surface area contributed by atoms with Gasteiger partial charge in [-0.2, -0.15) is 0 Å². The van der Waals surface area contributed by atoms with Gasteiger partial charge in [0.25, 0.3) is 0 Å². The molecule has 5 rings (SSSR count). The summed E-state index contributed by atoms with van der Waals surface area (Å²) in [6.45, 7) is 4.46. The third kappa shape index (κ3) is 1.57. The fourth-order valence-corrected chi connectivity index (χ4v) is 5.45. The molecule has 0 radical (unpaired) electrons. The first-order chi connectivity index (χ1) is 8.70. The number of hydrogen-bond acceptors (Lipinski definition) is 0. The van der Waals surface area contributed by atoms with Crippen LogP contribution in [0.3, 0.4) is 0 Å². The van der Waals surface area contributed by atoms with E-state index in [9.17, 15) is 0 Å². The molecule has 0 nitrogen and oxygen atoms in total. The molecular formula is C18H24. The summed E-state index contributed by atoms with van der Waals surface area (Å²) in [4.78, 5) is 0. The second kappa shape index (κ2) is 3.85. The predicted octanol–water partition coefficient (Wildman–Crippen LogP) is 4.89. The molecule has 0 aromatic carbocycles. The first-order valence-corrected chi connectivity index (χ1v) is 7.78. The average molecular weight is 240 g/mol. The highest BCUT2D eigenvalue weighted by Crippen LogP contribution is 2.58. The number of allylic oxidation sites excluding steroid dienone is 6. The molecule has 0 amide bonds. The predicted molar refractivity (Wildman–Crippen MR) is 76.1 cm³/mol. The number of rotatable bonds is 1. The molecule has 0 aromatic heterocycles. The minimum absolute atomic E-state index is 0.908. The van der Waals surface area contributed by atoms with Crippen molar-refractivity contribution in [3.8, 4) is 0 Å². The lowest BCUT2D eigenvalue weighted by Gasteiger charge is -2.54. The lowest BCUT2D eigenvalue weighted by Crippen LogP contribution is -2.45. The van der Waals surface area contributed by atoms with Crippen LogP contribution in [-0.4, -0.2) is 0 Å². The van der Waals surface area contributed by atoms with Gasteiger partial charge in [0.2, 0.25) is 0 Å². The molecule has 0 heterocycles. The fraction of sp³-hybridized carbons (Fsp3) is 0.667. The first-order valence-electron chi connectivity index (χ1n) is 7.78. The Hall–Kier alpha value is -0.780. The average Bonchev–Trinajstić information content (AvgIpc) is 2.77. The molecule has 0 unspecified atom stereocenters. The van der Waals surface area contributed by atoms with E-state index in [0.29, 0.717) is 0 Å². The van der Waals surface area contributed by atoms with Crippen molar-refractivity contribution in [1.82, 2.24) is 0 Å². The van der Waals surface area contributed by atoms with Gasteiger partial charge in [-0.1, -0.05) is 23.8 Å². The van der Waals surface area contributed by atoms with Crippen molar-refractivity contribution in [1.29, 1.82) is 0 Å². The van der Waals surface area contributed by atoms with Crippen LogP contribution in [0.25, 0.3) is 0 Å². The highest BCUT2D eigenvalue weighted by molar-refractivity contribution is 5.49. The van der Waals surface area contributed by atoms with Crippen LogP contribution in [0.1, 0.15) is 46.0 Å². The molecule has 5 aliphatic rings. The fourth-order valence-electron chi connectivity index (χ4n) is 5.45. The van der Waals surface area contributed by atoms with Crippen LogP contribution < -0.4 is 0 Å². The number of hydrogen-bond donors (Lipinski definition) is 0. The quantitative estimate of drug-likeness (QED) is 0.612. The third-order valence-corrected chi connectivity index (χ3v) is 5.97. The zero-order valence-electron chi connectivity index (χ0n) is 11.7. The van der Waals surface area contributed by atoms with E-state index in [1.54, 1.807) is 12.0 Å². The molecule has 0 aromatic rings. The van der Waals surface area contributed by atoms with E-state index in [0.717, 1.165) is 29.6 Å². The maximum Gasteiger partial charge on any atom is -0.0105 e. The zero-order valence-corrected chi connectivity index (χ0v) is 11.7. The standard InChI is InChI=1S/C18H24/c1-11(2)14-3-4-15(10-14)18-16-6-12-5-13(8-16)9-17(18)7-12/h3-4,10,12-13,16-18H,5-9H2,1-2H3. The van der Waals surface area contributed by atoms with Gasteiger partial charge in [-0.15, -0.1) is 0 Å². The second-order valence-electron chi connectivity index (χ2n) is 7.39. The van der Waals surface area contributed by atoms with E-state index in [1.165, 1.54) is 36.8 Å². The highest BCUT2D eigenvalue weighted by Gasteiger charge is 2.48. The van der Waals surface area contributed by atoms with Gasteiger partial charge >= 0.3 is 0 Å². The van der Waals surface area contributed by atoms with Gasteiger partial charge in [0.15, 0.2) is 0 Å². The van der Waals surface area contributed by atoms with E-state index in [-0.39, 0.29) is 0 Å². The van der Waals surface area contributed by atoms with E-state index in [2.05, 4.69) is 32.1 Å². The summed E-state index contributed by atoms with van der Waals surface area (Å²) in [6.07, 6.45) is 15.0. The smallest absolute Gasteiger partial charge is 0.0105 e. The Bertz CT molecular complexity index is 428. The third-order valence-electron chi connectivity index (χ3n) is 5.97. The van der Waals surface area contributed by atoms with Crippen molar-refractivity contribution in [3.05, 3.63) is 34.9 Å². The Morgan fingerprint density at radius 3 is 2.00 bits per heavy atom. The van der Waals surface area contributed by atoms with Gasteiger partial charge < -0.3 is 0 Å². The van der Waals surface area contributed by atoms with E-state index >= 15 is 0 Å². The zero-order chi connectivity index (χ0) is 12.3. The minimum Gasteiger partial charge on any atom is -0.0692 e. The monoisotopic (exact) mass is 240 g/mol. The molecule has 0 heteroatoms. The Morgan fingerprint density at radius 1 is 0.889 bits per heavy atom. The summed E-state index contributed by atoms with van der Waals surface area (Å²) in [5.41, 5.74) is 4.60. The van der Waals surface area contributed by atoms with Gasteiger partial charge in [-0.05, 0) is 86.7 Å². The van der Waals surface area contributed by atoms with Gasteiger partial charge in [0.05, 0.1) is 0 Å². The van der Waals surface area contributed by atoms with Crippen molar-refractivity contribution in [2.75, 3.05) is 0 Å². The lowest BCUT2D eigenvalue weighted by molar-refractivity contribution is -0.0193.